The summed E-state index contributed by atoms with van der Waals surface area (Å²) >= 11 is 0. The van der Waals surface area contributed by atoms with Gasteiger partial charge in [0.1, 0.15) is 48.8 Å². The fourth-order valence-corrected chi connectivity index (χ4v) is 5.23. The molecule has 16 heteroatoms. The standard InChI is InChI=1S/C20H37N3O13/c1-23-7-2-5(21)9(26)15(10(7)27)33-19-17-16(11(28)8(4-25)32-19)35-20(36-17)18(31)13(30)12(29)14(34-20)6(22)3-24/h5-19,23-31H,2-4,21-22H2,1H3/t5-,6+,7-,8-,9+,10-,11+,12-,13+,14-,15-,16+,17-,18+,19+,20?/m1/s1. The molecule has 4 fully saturated rings. The molecule has 0 aromatic rings. The lowest BCUT2D eigenvalue weighted by atomic mass is 9.84. The van der Waals surface area contributed by atoms with E-state index in [0.717, 1.165) is 0 Å². The second-order valence-corrected chi connectivity index (χ2v) is 9.72. The highest BCUT2D eigenvalue weighted by Crippen LogP contribution is 2.45. The highest BCUT2D eigenvalue weighted by molar-refractivity contribution is 5.05. The number of fused-ring (bicyclic) bond motifs is 1. The van der Waals surface area contributed by atoms with Crippen LogP contribution < -0.4 is 16.8 Å². The average molecular weight is 528 g/mol. The zero-order valence-electron chi connectivity index (χ0n) is 19.6. The number of hydrogen-bond donors (Lipinski definition) is 11. The Morgan fingerprint density at radius 2 is 1.61 bits per heavy atom. The Labute approximate surface area is 206 Å². The third-order valence-electron chi connectivity index (χ3n) is 7.42. The smallest absolute Gasteiger partial charge is 0.314 e. The predicted octanol–water partition coefficient (Wildman–Crippen LogP) is -7.27. The van der Waals surface area contributed by atoms with Crippen molar-refractivity contribution in [1.29, 1.82) is 0 Å². The van der Waals surface area contributed by atoms with Crippen LogP contribution >= 0.6 is 0 Å². The summed E-state index contributed by atoms with van der Waals surface area (Å²) in [7, 11) is 1.60. The van der Waals surface area contributed by atoms with Gasteiger partial charge in [0, 0.05) is 12.1 Å². The lowest BCUT2D eigenvalue weighted by Gasteiger charge is -2.46. The van der Waals surface area contributed by atoms with Crippen LogP contribution in [0.3, 0.4) is 0 Å². The van der Waals surface area contributed by atoms with Crippen LogP contribution in [0.5, 0.6) is 0 Å². The highest BCUT2D eigenvalue weighted by Gasteiger charge is 2.67. The van der Waals surface area contributed by atoms with Crippen LogP contribution in [0.15, 0.2) is 0 Å². The first-order chi connectivity index (χ1) is 17.0. The molecule has 210 valence electrons. The summed E-state index contributed by atoms with van der Waals surface area (Å²) < 4.78 is 28.7. The molecule has 3 saturated heterocycles. The number of aliphatic hydroxyl groups excluding tert-OH is 8. The normalized spacial score (nSPS) is 54.4. The first kappa shape index (κ1) is 28.4. The van der Waals surface area contributed by atoms with E-state index in [1.807, 2.05) is 0 Å². The first-order valence-electron chi connectivity index (χ1n) is 11.8. The van der Waals surface area contributed by atoms with Gasteiger partial charge in [-0.25, -0.2) is 0 Å². The van der Waals surface area contributed by atoms with Gasteiger partial charge in [-0.3, -0.25) is 0 Å². The number of likely N-dealkylation sites (N-methyl/N-ethyl adjacent to an activating group) is 1. The van der Waals surface area contributed by atoms with E-state index in [1.54, 1.807) is 7.05 Å². The van der Waals surface area contributed by atoms with Gasteiger partial charge in [0.05, 0.1) is 31.5 Å². The number of aliphatic hydroxyl groups is 8. The van der Waals surface area contributed by atoms with Crippen molar-refractivity contribution in [3.63, 3.8) is 0 Å². The van der Waals surface area contributed by atoms with Crippen molar-refractivity contribution in [2.24, 2.45) is 11.5 Å². The quantitative estimate of drug-likeness (QED) is 0.153. The lowest BCUT2D eigenvalue weighted by molar-refractivity contribution is -0.439. The van der Waals surface area contributed by atoms with Crippen molar-refractivity contribution < 1.29 is 64.5 Å². The molecule has 1 unspecified atom stereocenters. The molecular formula is C20H37N3O13. The van der Waals surface area contributed by atoms with Gasteiger partial charge in [-0.1, -0.05) is 0 Å². The van der Waals surface area contributed by atoms with Gasteiger partial charge < -0.3 is 81.3 Å². The molecule has 3 heterocycles. The highest BCUT2D eigenvalue weighted by atomic mass is 16.9. The van der Waals surface area contributed by atoms with Crippen molar-refractivity contribution in [3.05, 3.63) is 0 Å². The van der Waals surface area contributed by atoms with E-state index in [1.165, 1.54) is 0 Å². The van der Waals surface area contributed by atoms with Crippen molar-refractivity contribution in [3.8, 4) is 0 Å². The van der Waals surface area contributed by atoms with Gasteiger partial charge in [0.15, 0.2) is 12.4 Å². The molecular weight excluding hydrogens is 490 g/mol. The zero-order valence-corrected chi connectivity index (χ0v) is 19.6. The summed E-state index contributed by atoms with van der Waals surface area (Å²) in [6, 6.07) is -2.50. The molecule has 0 aromatic heterocycles. The first-order valence-corrected chi connectivity index (χ1v) is 11.8. The summed E-state index contributed by atoms with van der Waals surface area (Å²) in [5.41, 5.74) is 11.8. The van der Waals surface area contributed by atoms with E-state index in [2.05, 4.69) is 5.32 Å². The molecule has 16 atom stereocenters. The molecule has 1 saturated carbocycles. The molecule has 4 aliphatic rings. The van der Waals surface area contributed by atoms with Crippen molar-refractivity contribution in [1.82, 2.24) is 5.32 Å². The largest absolute Gasteiger partial charge is 0.395 e. The maximum atomic E-state index is 10.7. The monoisotopic (exact) mass is 527 g/mol. The third-order valence-corrected chi connectivity index (χ3v) is 7.42. The Kier molecular flexibility index (Phi) is 8.55. The average Bonchev–Trinajstić information content (AvgIpc) is 3.27. The number of nitrogens with one attached hydrogen (secondary N) is 1. The fraction of sp³-hybridized carbons (Fsp3) is 1.00. The topological polar surface area (TPSA) is 272 Å². The molecule has 0 bridgehead atoms. The Bertz CT molecular complexity index is 756. The minimum atomic E-state index is -2.48. The summed E-state index contributed by atoms with van der Waals surface area (Å²) in [4.78, 5) is 0. The van der Waals surface area contributed by atoms with Gasteiger partial charge in [-0.05, 0) is 13.5 Å². The Morgan fingerprint density at radius 3 is 2.22 bits per heavy atom. The molecule has 4 rings (SSSR count). The molecule has 16 nitrogen and oxygen atoms in total. The van der Waals surface area contributed by atoms with Gasteiger partial charge in [-0.15, -0.1) is 0 Å². The van der Waals surface area contributed by atoms with E-state index in [9.17, 15) is 40.9 Å². The SMILES string of the molecule is CN[C@@H]1C[C@@H](N)[C@H](O)[C@@H](O[C@@H]2O[C@H](CO)[C@H](O)[C@@H]3OC4(O[C@@H]23)O[C@H]([C@@H](N)CO)[C@H](O)[C@H](O)[C@@H]4O)[C@@H]1O. The zero-order chi connectivity index (χ0) is 26.5. The fourth-order valence-electron chi connectivity index (χ4n) is 5.23. The van der Waals surface area contributed by atoms with E-state index < -0.39 is 111 Å². The van der Waals surface area contributed by atoms with E-state index in [-0.39, 0.29) is 6.42 Å². The maximum Gasteiger partial charge on any atom is 0.314 e. The van der Waals surface area contributed by atoms with Gasteiger partial charge in [-0.2, -0.15) is 0 Å². The van der Waals surface area contributed by atoms with Gasteiger partial charge in [0.25, 0.3) is 0 Å². The minimum Gasteiger partial charge on any atom is -0.395 e. The molecule has 1 spiro atoms. The van der Waals surface area contributed by atoms with Crippen LogP contribution in [-0.4, -0.2) is 159 Å². The van der Waals surface area contributed by atoms with E-state index in [4.69, 9.17) is 35.2 Å². The molecule has 36 heavy (non-hydrogen) atoms. The van der Waals surface area contributed by atoms with Crippen LogP contribution in [0, 0.1) is 0 Å². The molecule has 1 aliphatic carbocycles. The number of nitrogens with two attached hydrogens (primary N) is 2. The third kappa shape index (κ3) is 4.68. The van der Waals surface area contributed by atoms with Crippen molar-refractivity contribution >= 4 is 0 Å². The summed E-state index contributed by atoms with van der Waals surface area (Å²) in [6.45, 7) is -1.33. The summed E-state index contributed by atoms with van der Waals surface area (Å²) in [5.74, 6) is -2.48. The molecule has 13 N–H and O–H groups in total. The van der Waals surface area contributed by atoms with E-state index in [0.29, 0.717) is 0 Å². The maximum absolute atomic E-state index is 10.7. The second kappa shape index (κ2) is 10.9. The van der Waals surface area contributed by atoms with Crippen LogP contribution in [0.4, 0.5) is 0 Å². The summed E-state index contributed by atoms with van der Waals surface area (Å²) in [5, 5.41) is 85.6. The van der Waals surface area contributed by atoms with Crippen molar-refractivity contribution in [2.75, 3.05) is 20.3 Å². The van der Waals surface area contributed by atoms with Gasteiger partial charge >= 0.3 is 5.97 Å². The van der Waals surface area contributed by atoms with Crippen LogP contribution in [0.25, 0.3) is 0 Å². The summed E-state index contributed by atoms with van der Waals surface area (Å²) in [6.07, 6.45) is -17.7. The number of hydrogen-bond acceptors (Lipinski definition) is 16. The molecule has 0 radical (unpaired) electrons. The van der Waals surface area contributed by atoms with Crippen LogP contribution in [0.2, 0.25) is 0 Å². The molecule has 3 aliphatic heterocycles. The predicted molar refractivity (Wildman–Crippen MR) is 115 cm³/mol. The van der Waals surface area contributed by atoms with E-state index >= 15 is 0 Å². The van der Waals surface area contributed by atoms with Crippen LogP contribution in [0.1, 0.15) is 6.42 Å². The minimum absolute atomic E-state index is 0.254. The number of ether oxygens (including phenoxy) is 5. The molecule has 0 aromatic carbocycles. The Balaban J connectivity index is 1.62. The van der Waals surface area contributed by atoms with Crippen molar-refractivity contribution in [2.45, 2.75) is 104 Å². The van der Waals surface area contributed by atoms with Gasteiger partial charge in [0.2, 0.25) is 0 Å². The van der Waals surface area contributed by atoms with Crippen LogP contribution in [-0.2, 0) is 23.7 Å². The Morgan fingerprint density at radius 1 is 0.944 bits per heavy atom. The second-order valence-electron chi connectivity index (χ2n) is 9.72. The molecule has 0 amide bonds. The Hall–Kier alpha value is -0.640. The lowest BCUT2D eigenvalue weighted by Crippen LogP contribution is -2.69. The number of rotatable bonds is 6.